The number of aryl methyl sites for hydroxylation is 2. The first-order valence-electron chi connectivity index (χ1n) is 12.9. The van der Waals surface area contributed by atoms with E-state index in [2.05, 4.69) is 28.9 Å². The Kier molecular flexibility index (Phi) is 7.10. The maximum Gasteiger partial charge on any atom is 0.328 e. The summed E-state index contributed by atoms with van der Waals surface area (Å²) in [5.74, 6) is 3.15. The first kappa shape index (κ1) is 26.0. The number of allylic oxidation sites excluding steroid dienone is 4. The Morgan fingerprint density at radius 3 is 2.77 bits per heavy atom. The van der Waals surface area contributed by atoms with E-state index in [1.54, 1.807) is 48.5 Å². The predicted octanol–water partition coefficient (Wildman–Crippen LogP) is 3.79. The van der Waals surface area contributed by atoms with E-state index in [9.17, 15) is 10.1 Å². The number of aromatic nitrogens is 5. The van der Waals surface area contributed by atoms with Gasteiger partial charge in [-0.25, -0.2) is 9.78 Å². The minimum absolute atomic E-state index is 0.107. The van der Waals surface area contributed by atoms with E-state index in [0.717, 1.165) is 48.1 Å². The lowest BCUT2D eigenvalue weighted by atomic mass is 9.99. The molecule has 0 aliphatic carbocycles. The van der Waals surface area contributed by atoms with Gasteiger partial charge in [0.25, 0.3) is 0 Å². The number of likely N-dealkylation sites (tertiary alicyclic amines) is 1. The normalized spacial score (nSPS) is 16.9. The van der Waals surface area contributed by atoms with E-state index in [0.29, 0.717) is 41.0 Å². The van der Waals surface area contributed by atoms with Crippen LogP contribution >= 0.6 is 0 Å². The number of ether oxygens (including phenoxy) is 1. The fourth-order valence-corrected chi connectivity index (χ4v) is 5.22. The van der Waals surface area contributed by atoms with Gasteiger partial charge in [-0.1, -0.05) is 12.0 Å². The second kappa shape index (κ2) is 10.6. The third kappa shape index (κ3) is 4.85. The lowest BCUT2D eigenvalue weighted by Crippen LogP contribution is -2.35. The first-order chi connectivity index (χ1) is 18.8. The Hall–Kier alpha value is -4.60. The molecule has 0 amide bonds. The number of piperidine rings is 1. The van der Waals surface area contributed by atoms with Crippen LogP contribution in [0.15, 0.2) is 53.1 Å². The Morgan fingerprint density at radius 1 is 1.23 bits per heavy atom. The van der Waals surface area contributed by atoms with Crippen LogP contribution in [0.3, 0.4) is 0 Å². The predicted molar refractivity (Wildman–Crippen MR) is 152 cm³/mol. The Labute approximate surface area is 227 Å². The maximum absolute atomic E-state index is 12.6. The first-order valence-corrected chi connectivity index (χ1v) is 12.9. The fourth-order valence-electron chi connectivity index (χ4n) is 5.22. The molecule has 0 radical (unpaired) electrons. The van der Waals surface area contributed by atoms with Crippen LogP contribution in [-0.2, 0) is 14.1 Å². The summed E-state index contributed by atoms with van der Waals surface area (Å²) in [6, 6.07) is 8.34. The number of hydrogen-bond acceptors (Lipinski definition) is 6. The SMILES string of the molecule is C#C/C(=C\C=C(/C)C#N)c1nc(OC[C@@H]2CCCN(C)C2)n2ccnc2c1-c1ccc2c(c1)n(C)c(=O)n2C. The van der Waals surface area contributed by atoms with Crippen LogP contribution in [0, 0.1) is 29.6 Å². The number of rotatable bonds is 6. The summed E-state index contributed by atoms with van der Waals surface area (Å²) >= 11 is 0. The van der Waals surface area contributed by atoms with E-state index in [-0.39, 0.29) is 5.69 Å². The zero-order chi connectivity index (χ0) is 27.7. The van der Waals surface area contributed by atoms with Crippen molar-refractivity contribution in [3.63, 3.8) is 0 Å². The number of terminal acetylenes is 1. The summed E-state index contributed by atoms with van der Waals surface area (Å²) in [7, 11) is 5.63. The zero-order valence-electron chi connectivity index (χ0n) is 22.7. The van der Waals surface area contributed by atoms with Crippen LogP contribution < -0.4 is 10.4 Å². The van der Waals surface area contributed by atoms with Crippen molar-refractivity contribution in [2.75, 3.05) is 26.7 Å². The van der Waals surface area contributed by atoms with Crippen molar-refractivity contribution in [3.8, 4) is 35.6 Å². The average Bonchev–Trinajstić information content (AvgIpc) is 3.51. The van der Waals surface area contributed by atoms with E-state index < -0.39 is 0 Å². The third-order valence-corrected chi connectivity index (χ3v) is 7.33. The molecule has 0 N–H and O–H groups in total. The molecule has 1 saturated heterocycles. The largest absolute Gasteiger partial charge is 0.464 e. The van der Waals surface area contributed by atoms with Crippen molar-refractivity contribution >= 4 is 22.3 Å². The number of fused-ring (bicyclic) bond motifs is 2. The molecule has 4 aromatic rings. The smallest absolute Gasteiger partial charge is 0.328 e. The average molecular weight is 522 g/mol. The lowest BCUT2D eigenvalue weighted by molar-refractivity contribution is 0.143. The van der Waals surface area contributed by atoms with Gasteiger partial charge in [-0.3, -0.25) is 13.5 Å². The van der Waals surface area contributed by atoms with Gasteiger partial charge in [-0.05, 0) is 63.2 Å². The monoisotopic (exact) mass is 521 g/mol. The molecule has 1 atom stereocenters. The van der Waals surface area contributed by atoms with Gasteiger partial charge in [0.2, 0.25) is 0 Å². The van der Waals surface area contributed by atoms with Gasteiger partial charge in [-0.15, -0.1) is 6.42 Å². The van der Waals surface area contributed by atoms with E-state index in [1.807, 2.05) is 28.8 Å². The molecule has 9 heteroatoms. The fraction of sp³-hybridized carbons (Fsp3) is 0.333. The van der Waals surface area contributed by atoms with Crippen LogP contribution in [-0.4, -0.2) is 55.1 Å². The Balaban J connectivity index is 1.70. The van der Waals surface area contributed by atoms with Gasteiger partial charge >= 0.3 is 11.7 Å². The minimum atomic E-state index is -0.107. The number of imidazole rings is 2. The third-order valence-electron chi connectivity index (χ3n) is 7.33. The summed E-state index contributed by atoms with van der Waals surface area (Å²) in [4.78, 5) is 24.5. The molecule has 0 unspecified atom stereocenters. The molecule has 1 aromatic carbocycles. The van der Waals surface area contributed by atoms with Crippen LogP contribution in [0.1, 0.15) is 25.5 Å². The second-order valence-corrected chi connectivity index (χ2v) is 10.1. The Morgan fingerprint density at radius 2 is 2.03 bits per heavy atom. The van der Waals surface area contributed by atoms with Gasteiger partial charge < -0.3 is 9.64 Å². The summed E-state index contributed by atoms with van der Waals surface area (Å²) in [5, 5.41) is 9.26. The molecular formula is C30H31N7O2. The number of nitrogens with zero attached hydrogens (tertiary/aromatic N) is 7. The minimum Gasteiger partial charge on any atom is -0.464 e. The molecule has 0 bridgehead atoms. The molecule has 1 aliphatic heterocycles. The summed E-state index contributed by atoms with van der Waals surface area (Å²) < 4.78 is 11.4. The van der Waals surface area contributed by atoms with Gasteiger partial charge in [0, 0.05) is 44.5 Å². The molecule has 198 valence electrons. The van der Waals surface area contributed by atoms with Crippen molar-refractivity contribution in [2.45, 2.75) is 19.8 Å². The highest BCUT2D eigenvalue weighted by atomic mass is 16.5. The van der Waals surface area contributed by atoms with Crippen LogP contribution in [0.5, 0.6) is 6.01 Å². The summed E-state index contributed by atoms with van der Waals surface area (Å²) in [6.07, 6.45) is 15.2. The lowest BCUT2D eigenvalue weighted by Gasteiger charge is -2.29. The van der Waals surface area contributed by atoms with Gasteiger partial charge in [0.05, 0.1) is 40.5 Å². The van der Waals surface area contributed by atoms with Crippen molar-refractivity contribution in [3.05, 3.63) is 64.5 Å². The molecular weight excluding hydrogens is 490 g/mol. The van der Waals surface area contributed by atoms with Crippen molar-refractivity contribution in [1.29, 1.82) is 5.26 Å². The number of benzene rings is 1. The second-order valence-electron chi connectivity index (χ2n) is 10.1. The molecule has 39 heavy (non-hydrogen) atoms. The number of hydrogen-bond donors (Lipinski definition) is 0. The molecule has 3 aromatic heterocycles. The Bertz CT molecular complexity index is 1770. The number of nitriles is 1. The molecule has 4 heterocycles. The van der Waals surface area contributed by atoms with Crippen LogP contribution in [0.4, 0.5) is 0 Å². The standard InChI is InChI=1S/C30H31N7O2/c1-6-22(10-9-20(2)17-31)27-26(23-11-12-24-25(16-23)36(5)30(38)35(24)4)28-32-13-15-37(28)29(33-27)39-19-21-8-7-14-34(3)18-21/h1,9-13,15-16,21H,7-8,14,18-19H2,2-5H3/b20-9+,22-10+/t21-/m1/s1. The van der Waals surface area contributed by atoms with Crippen LogP contribution in [0.25, 0.3) is 33.4 Å². The molecule has 1 fully saturated rings. The maximum atomic E-state index is 12.6. The van der Waals surface area contributed by atoms with Gasteiger partial charge in [0.1, 0.15) is 0 Å². The molecule has 0 spiro atoms. The quantitative estimate of drug-likeness (QED) is 0.218. The highest BCUT2D eigenvalue weighted by molar-refractivity contribution is 5.95. The summed E-state index contributed by atoms with van der Waals surface area (Å²) in [5.41, 5.74) is 5.19. The van der Waals surface area contributed by atoms with E-state index >= 15 is 0 Å². The van der Waals surface area contributed by atoms with Crippen LogP contribution in [0.2, 0.25) is 0 Å². The highest BCUT2D eigenvalue weighted by Crippen LogP contribution is 2.35. The summed E-state index contributed by atoms with van der Waals surface area (Å²) in [6.45, 7) is 4.32. The zero-order valence-corrected chi connectivity index (χ0v) is 22.7. The highest BCUT2D eigenvalue weighted by Gasteiger charge is 2.23. The van der Waals surface area contributed by atoms with Crippen molar-refractivity contribution in [1.82, 2.24) is 28.4 Å². The van der Waals surface area contributed by atoms with Gasteiger partial charge in [-0.2, -0.15) is 10.2 Å². The van der Waals surface area contributed by atoms with E-state index in [1.165, 1.54) is 0 Å². The molecule has 9 nitrogen and oxygen atoms in total. The molecule has 1 aliphatic rings. The van der Waals surface area contributed by atoms with Gasteiger partial charge in [0.15, 0.2) is 5.65 Å². The van der Waals surface area contributed by atoms with E-state index in [4.69, 9.17) is 16.1 Å². The van der Waals surface area contributed by atoms with Crippen molar-refractivity contribution < 1.29 is 4.74 Å². The molecule has 0 saturated carbocycles. The van der Waals surface area contributed by atoms with Crippen molar-refractivity contribution in [2.24, 2.45) is 20.0 Å². The topological polar surface area (TPSA) is 93.4 Å². The molecule has 5 rings (SSSR count).